The van der Waals surface area contributed by atoms with Crippen LogP contribution in [0.2, 0.25) is 0 Å². The first-order valence-electron chi connectivity index (χ1n) is 7.33. The molecule has 1 aromatic carbocycles. The third-order valence-corrected chi connectivity index (χ3v) is 4.19. The van der Waals surface area contributed by atoms with Crippen LogP contribution in [0, 0.1) is 0 Å². The number of benzene rings is 1. The van der Waals surface area contributed by atoms with Gasteiger partial charge in [-0.25, -0.2) is 9.97 Å². The van der Waals surface area contributed by atoms with Crippen molar-refractivity contribution in [2.24, 2.45) is 0 Å². The zero-order valence-electron chi connectivity index (χ0n) is 13.3. The Morgan fingerprint density at radius 1 is 1.12 bits per heavy atom. The first-order chi connectivity index (χ1) is 11.4. The van der Waals surface area contributed by atoms with Gasteiger partial charge in [0.15, 0.2) is 0 Å². The highest BCUT2D eigenvalue weighted by atomic mass is 35.5. The number of aryl methyl sites for hydroxylation is 1. The molecule has 0 aliphatic rings. The molecule has 9 heteroatoms. The third-order valence-electron chi connectivity index (χ3n) is 3.45. The monoisotopic (exact) mass is 388 g/mol. The fourth-order valence-electron chi connectivity index (χ4n) is 2.38. The molecule has 2 aromatic heterocycles. The fraction of sp³-hybridized carbons (Fsp3) is 0.250. The van der Waals surface area contributed by atoms with Gasteiger partial charge >= 0.3 is 5.51 Å². The van der Waals surface area contributed by atoms with Crippen LogP contribution in [0.3, 0.4) is 0 Å². The van der Waals surface area contributed by atoms with Crippen molar-refractivity contribution in [2.45, 2.75) is 30.3 Å². The van der Waals surface area contributed by atoms with Crippen LogP contribution in [0.5, 0.6) is 0 Å². The van der Waals surface area contributed by atoms with E-state index >= 15 is 0 Å². The molecule has 0 atom stereocenters. The molecular weight excluding hydrogens is 373 g/mol. The van der Waals surface area contributed by atoms with Gasteiger partial charge in [-0.15, -0.1) is 12.4 Å². The summed E-state index contributed by atoms with van der Waals surface area (Å²) < 4.78 is 40.9. The summed E-state index contributed by atoms with van der Waals surface area (Å²) in [6.07, 6.45) is 8.02. The smallest absolute Gasteiger partial charge is 0.329 e. The number of alkyl halides is 3. The van der Waals surface area contributed by atoms with Crippen molar-refractivity contribution < 1.29 is 13.2 Å². The molecule has 25 heavy (non-hydrogen) atoms. The van der Waals surface area contributed by atoms with E-state index in [9.17, 15) is 13.2 Å². The molecule has 4 nitrogen and oxygen atoms in total. The molecule has 0 N–H and O–H groups in total. The quantitative estimate of drug-likeness (QED) is 0.594. The Morgan fingerprint density at radius 3 is 2.48 bits per heavy atom. The van der Waals surface area contributed by atoms with E-state index in [2.05, 4.69) is 9.97 Å². The van der Waals surface area contributed by atoms with Crippen LogP contribution >= 0.6 is 24.2 Å². The predicted molar refractivity (Wildman–Crippen MR) is 93.4 cm³/mol. The lowest BCUT2D eigenvalue weighted by molar-refractivity contribution is -0.0328. The van der Waals surface area contributed by atoms with Gasteiger partial charge in [0.25, 0.3) is 0 Å². The normalized spacial score (nSPS) is 11.4. The van der Waals surface area contributed by atoms with E-state index in [1.54, 1.807) is 29.2 Å². The van der Waals surface area contributed by atoms with Gasteiger partial charge in [0.2, 0.25) is 0 Å². The summed E-state index contributed by atoms with van der Waals surface area (Å²) in [4.78, 5) is 8.79. The summed E-state index contributed by atoms with van der Waals surface area (Å²) in [7, 11) is 0. The number of aromatic nitrogens is 4. The average molecular weight is 389 g/mol. The van der Waals surface area contributed by atoms with Crippen LogP contribution in [0.4, 0.5) is 13.2 Å². The van der Waals surface area contributed by atoms with Crippen LogP contribution < -0.4 is 0 Å². The van der Waals surface area contributed by atoms with Gasteiger partial charge in [-0.2, -0.15) is 13.2 Å². The molecule has 0 saturated carbocycles. The molecule has 134 valence electrons. The molecule has 0 saturated heterocycles. The summed E-state index contributed by atoms with van der Waals surface area (Å²) in [6, 6.07) is 6.21. The second kappa shape index (κ2) is 7.97. The van der Waals surface area contributed by atoms with Gasteiger partial charge in [-0.1, -0.05) is 6.92 Å². The molecular formula is C16H16ClF3N4S. The predicted octanol–water partition coefficient (Wildman–Crippen LogP) is 4.71. The van der Waals surface area contributed by atoms with Gasteiger partial charge < -0.3 is 9.13 Å². The highest BCUT2D eigenvalue weighted by Gasteiger charge is 2.29. The van der Waals surface area contributed by atoms with Gasteiger partial charge in [-0.05, 0) is 36.0 Å². The van der Waals surface area contributed by atoms with Crippen molar-refractivity contribution >= 4 is 24.2 Å². The van der Waals surface area contributed by atoms with Crippen LogP contribution in [0.25, 0.3) is 5.69 Å². The molecule has 0 aliphatic heterocycles. The first kappa shape index (κ1) is 19.4. The summed E-state index contributed by atoms with van der Waals surface area (Å²) in [6.45, 7) is 2.65. The molecule has 0 aliphatic carbocycles. The molecule has 0 amide bonds. The van der Waals surface area contributed by atoms with Gasteiger partial charge in [-0.3, -0.25) is 0 Å². The maximum atomic E-state index is 12.4. The van der Waals surface area contributed by atoms with E-state index in [1.165, 1.54) is 12.1 Å². The van der Waals surface area contributed by atoms with Crippen molar-refractivity contribution in [1.29, 1.82) is 0 Å². The Morgan fingerprint density at radius 2 is 1.84 bits per heavy atom. The largest absolute Gasteiger partial charge is 0.446 e. The van der Waals surface area contributed by atoms with E-state index in [1.807, 2.05) is 23.9 Å². The minimum Gasteiger partial charge on any atom is -0.329 e. The number of halogens is 4. The topological polar surface area (TPSA) is 35.6 Å². The zero-order valence-corrected chi connectivity index (χ0v) is 14.9. The highest BCUT2D eigenvalue weighted by molar-refractivity contribution is 8.00. The van der Waals surface area contributed by atoms with E-state index < -0.39 is 5.51 Å². The van der Waals surface area contributed by atoms with Crippen LogP contribution in [0.15, 0.2) is 54.1 Å². The lowest BCUT2D eigenvalue weighted by atomic mass is 10.3. The Labute approximate surface area is 153 Å². The molecule has 0 unspecified atom stereocenters. The number of imidazole rings is 2. The molecule has 3 rings (SSSR count). The van der Waals surface area contributed by atoms with Gasteiger partial charge in [0.1, 0.15) is 5.82 Å². The van der Waals surface area contributed by atoms with Crippen LogP contribution in [-0.4, -0.2) is 24.6 Å². The van der Waals surface area contributed by atoms with Crippen molar-refractivity contribution in [3.63, 3.8) is 0 Å². The maximum absolute atomic E-state index is 12.4. The van der Waals surface area contributed by atoms with Crippen LogP contribution in [0.1, 0.15) is 18.4 Å². The number of thioether (sulfide) groups is 1. The van der Waals surface area contributed by atoms with Crippen LogP contribution in [-0.2, 0) is 13.0 Å². The second-order valence-corrected chi connectivity index (χ2v) is 6.28. The first-order valence-corrected chi connectivity index (χ1v) is 8.15. The Kier molecular flexibility index (Phi) is 6.18. The van der Waals surface area contributed by atoms with Crippen molar-refractivity contribution in [3.05, 3.63) is 60.7 Å². The van der Waals surface area contributed by atoms with Gasteiger partial charge in [0, 0.05) is 35.6 Å². The number of hydrogen-bond acceptors (Lipinski definition) is 3. The SMILES string of the molecule is CCc1nccn1Cc1cn(-c2ccc(SC(F)(F)F)cc2)cn1.Cl. The molecule has 0 spiro atoms. The van der Waals surface area contributed by atoms with Gasteiger partial charge in [0.05, 0.1) is 18.6 Å². The third kappa shape index (κ3) is 5.02. The Bertz CT molecular complexity index is 811. The number of nitrogens with zero attached hydrogens (tertiary/aromatic N) is 4. The average Bonchev–Trinajstić information content (AvgIpc) is 3.16. The van der Waals surface area contributed by atoms with E-state index in [0.29, 0.717) is 6.54 Å². The molecule has 0 bridgehead atoms. The summed E-state index contributed by atoms with van der Waals surface area (Å²) in [5, 5.41) is 0. The lowest BCUT2D eigenvalue weighted by Crippen LogP contribution is -2.03. The molecule has 2 heterocycles. The Hall–Kier alpha value is -1.93. The van der Waals surface area contributed by atoms with Crippen molar-refractivity contribution in [2.75, 3.05) is 0 Å². The zero-order chi connectivity index (χ0) is 17.2. The Balaban J connectivity index is 0.00000225. The summed E-state index contributed by atoms with van der Waals surface area (Å²) in [5.41, 5.74) is -2.65. The standard InChI is InChI=1S/C16H15F3N4S.ClH/c1-2-15-20-7-8-22(15)9-12-10-23(11-21-12)13-3-5-14(6-4-13)24-16(17,18)19;/h3-8,10-11H,2,9H2,1H3;1H. The minimum atomic E-state index is -4.27. The van der Waals surface area contributed by atoms with E-state index in [4.69, 9.17) is 0 Å². The molecule has 0 fully saturated rings. The highest BCUT2D eigenvalue weighted by Crippen LogP contribution is 2.36. The number of hydrogen-bond donors (Lipinski definition) is 0. The minimum absolute atomic E-state index is 0. The van der Waals surface area contributed by atoms with Crippen molar-refractivity contribution in [3.8, 4) is 5.69 Å². The van der Waals surface area contributed by atoms with E-state index in [0.717, 1.165) is 23.6 Å². The summed E-state index contributed by atoms with van der Waals surface area (Å²) in [5.74, 6) is 0.984. The molecule has 3 aromatic rings. The fourth-order valence-corrected chi connectivity index (χ4v) is 2.92. The second-order valence-electron chi connectivity index (χ2n) is 5.14. The summed E-state index contributed by atoms with van der Waals surface area (Å²) >= 11 is -0.118. The van der Waals surface area contributed by atoms with E-state index in [-0.39, 0.29) is 29.1 Å². The maximum Gasteiger partial charge on any atom is 0.446 e. The number of rotatable bonds is 5. The van der Waals surface area contributed by atoms with Crippen molar-refractivity contribution in [1.82, 2.24) is 19.1 Å². The molecule has 0 radical (unpaired) electrons. The lowest BCUT2D eigenvalue weighted by Gasteiger charge is -2.07.